The molecule has 2 aromatic rings. The van der Waals surface area contributed by atoms with Crippen LogP contribution in [0.3, 0.4) is 0 Å². The quantitative estimate of drug-likeness (QED) is 0.502. The van der Waals surface area contributed by atoms with Gasteiger partial charge >= 0.3 is 0 Å². The van der Waals surface area contributed by atoms with Crippen molar-refractivity contribution in [2.75, 3.05) is 0 Å². The van der Waals surface area contributed by atoms with Crippen molar-refractivity contribution in [2.24, 2.45) is 0 Å². The van der Waals surface area contributed by atoms with E-state index in [1.54, 1.807) is 12.1 Å². The van der Waals surface area contributed by atoms with E-state index in [0.29, 0.717) is 6.07 Å². The Labute approximate surface area is 120 Å². The van der Waals surface area contributed by atoms with Crippen LogP contribution in [0, 0.1) is 11.6 Å². The first-order valence-electron chi connectivity index (χ1n) is 6.63. The van der Waals surface area contributed by atoms with E-state index in [1.807, 2.05) is 6.92 Å². The van der Waals surface area contributed by atoms with E-state index in [4.69, 9.17) is 0 Å². The third-order valence-corrected chi connectivity index (χ3v) is 3.11. The minimum absolute atomic E-state index is 0.0241. The summed E-state index contributed by atoms with van der Waals surface area (Å²) in [6.45, 7) is 2.02. The Kier molecular flexibility index (Phi) is 4.78. The lowest BCUT2D eigenvalue weighted by Gasteiger charge is -2.05. The van der Waals surface area contributed by atoms with Crippen molar-refractivity contribution in [2.45, 2.75) is 19.8 Å². The molecule has 110 valence electrons. The predicted octanol–water partition coefficient (Wildman–Crippen LogP) is 5.68. The van der Waals surface area contributed by atoms with Crippen LogP contribution in [0.15, 0.2) is 42.5 Å². The average Bonchev–Trinajstić information content (AvgIpc) is 2.47. The van der Waals surface area contributed by atoms with Crippen LogP contribution in [0.4, 0.5) is 17.6 Å². The lowest BCUT2D eigenvalue weighted by atomic mass is 10.1. The van der Waals surface area contributed by atoms with Gasteiger partial charge in [-0.15, -0.1) is 0 Å². The summed E-state index contributed by atoms with van der Waals surface area (Å²) < 4.78 is 54.3. The molecule has 0 aromatic heterocycles. The highest BCUT2D eigenvalue weighted by atomic mass is 19.2. The van der Waals surface area contributed by atoms with E-state index >= 15 is 0 Å². The molecule has 0 amide bonds. The van der Waals surface area contributed by atoms with Crippen LogP contribution in [-0.4, -0.2) is 0 Å². The molecule has 0 nitrogen and oxygen atoms in total. The van der Waals surface area contributed by atoms with Crippen LogP contribution in [0.25, 0.3) is 11.7 Å². The number of hydrogen-bond acceptors (Lipinski definition) is 0. The SMILES string of the molecule is CCCc1ccc(/C(F)=C(\F)c2ccc(F)cc2F)cc1. The summed E-state index contributed by atoms with van der Waals surface area (Å²) in [5.74, 6) is -4.47. The minimum atomic E-state index is -1.34. The zero-order valence-corrected chi connectivity index (χ0v) is 11.5. The number of aryl methyl sites for hydroxylation is 1. The van der Waals surface area contributed by atoms with Gasteiger partial charge in [0, 0.05) is 17.2 Å². The summed E-state index contributed by atoms with van der Waals surface area (Å²) in [6, 6.07) is 8.58. The Bertz CT molecular complexity index is 657. The molecule has 0 heterocycles. The molecule has 0 unspecified atom stereocenters. The first-order valence-corrected chi connectivity index (χ1v) is 6.63. The van der Waals surface area contributed by atoms with Gasteiger partial charge in [-0.2, -0.15) is 0 Å². The molecule has 2 rings (SSSR count). The van der Waals surface area contributed by atoms with Crippen molar-refractivity contribution in [1.29, 1.82) is 0 Å². The van der Waals surface area contributed by atoms with Gasteiger partial charge in [0.2, 0.25) is 0 Å². The molecule has 0 fully saturated rings. The molecule has 2 aromatic carbocycles. The van der Waals surface area contributed by atoms with Gasteiger partial charge in [0.15, 0.2) is 11.7 Å². The number of halogens is 4. The maximum Gasteiger partial charge on any atom is 0.169 e. The summed E-state index contributed by atoms with van der Waals surface area (Å²) in [4.78, 5) is 0. The normalized spacial score (nSPS) is 12.2. The second-order valence-electron chi connectivity index (χ2n) is 4.70. The first kappa shape index (κ1) is 15.3. The van der Waals surface area contributed by atoms with E-state index in [1.165, 1.54) is 12.1 Å². The fourth-order valence-corrected chi connectivity index (χ4v) is 2.02. The molecule has 0 saturated carbocycles. The van der Waals surface area contributed by atoms with Crippen LogP contribution in [0.2, 0.25) is 0 Å². The molecule has 0 atom stereocenters. The van der Waals surface area contributed by atoms with Gasteiger partial charge in [0.25, 0.3) is 0 Å². The third-order valence-electron chi connectivity index (χ3n) is 3.11. The van der Waals surface area contributed by atoms with Gasteiger partial charge in [0.1, 0.15) is 11.6 Å². The van der Waals surface area contributed by atoms with Gasteiger partial charge in [0.05, 0.1) is 0 Å². The summed E-state index contributed by atoms with van der Waals surface area (Å²) in [5.41, 5.74) is 0.449. The van der Waals surface area contributed by atoms with Crippen molar-refractivity contribution in [3.63, 3.8) is 0 Å². The van der Waals surface area contributed by atoms with E-state index < -0.39 is 28.9 Å². The van der Waals surface area contributed by atoms with Crippen molar-refractivity contribution >= 4 is 11.7 Å². The fraction of sp³-hybridized carbons (Fsp3) is 0.176. The third kappa shape index (κ3) is 3.51. The molecule has 4 heteroatoms. The lowest BCUT2D eigenvalue weighted by molar-refractivity contribution is 0.575. The molecule has 0 spiro atoms. The Morgan fingerprint density at radius 2 is 1.57 bits per heavy atom. The molecule has 0 N–H and O–H groups in total. The Hall–Kier alpha value is -2.10. The molecule has 0 radical (unpaired) electrons. The number of rotatable bonds is 4. The second-order valence-corrected chi connectivity index (χ2v) is 4.70. The molecule has 0 saturated heterocycles. The van der Waals surface area contributed by atoms with Crippen molar-refractivity contribution < 1.29 is 17.6 Å². The molecule has 21 heavy (non-hydrogen) atoms. The first-order chi connectivity index (χ1) is 10.0. The lowest BCUT2D eigenvalue weighted by Crippen LogP contribution is -1.91. The van der Waals surface area contributed by atoms with Crippen LogP contribution >= 0.6 is 0 Å². The fourth-order valence-electron chi connectivity index (χ4n) is 2.02. The number of benzene rings is 2. The van der Waals surface area contributed by atoms with Gasteiger partial charge in [-0.05, 0) is 24.1 Å². The number of hydrogen-bond donors (Lipinski definition) is 0. The summed E-state index contributed by atoms with van der Waals surface area (Å²) >= 11 is 0. The monoisotopic (exact) mass is 294 g/mol. The molecular weight excluding hydrogens is 280 g/mol. The highest BCUT2D eigenvalue weighted by Gasteiger charge is 2.15. The van der Waals surface area contributed by atoms with Crippen molar-refractivity contribution in [3.05, 3.63) is 70.8 Å². The van der Waals surface area contributed by atoms with Gasteiger partial charge < -0.3 is 0 Å². The van der Waals surface area contributed by atoms with E-state index in [-0.39, 0.29) is 5.56 Å². The van der Waals surface area contributed by atoms with E-state index in [9.17, 15) is 17.6 Å². The van der Waals surface area contributed by atoms with Crippen LogP contribution < -0.4 is 0 Å². The zero-order valence-electron chi connectivity index (χ0n) is 11.5. The van der Waals surface area contributed by atoms with Crippen LogP contribution in [-0.2, 0) is 6.42 Å². The largest absolute Gasteiger partial charge is 0.207 e. The summed E-state index contributed by atoms with van der Waals surface area (Å²) in [5, 5.41) is 0. The molecule has 0 aliphatic carbocycles. The molecule has 0 aliphatic rings. The smallest absolute Gasteiger partial charge is 0.169 e. The maximum absolute atomic E-state index is 14.1. The van der Waals surface area contributed by atoms with E-state index in [2.05, 4.69) is 0 Å². The Morgan fingerprint density at radius 1 is 0.905 bits per heavy atom. The van der Waals surface area contributed by atoms with E-state index in [0.717, 1.165) is 30.5 Å². The molecular formula is C17H14F4. The van der Waals surface area contributed by atoms with Gasteiger partial charge in [-0.1, -0.05) is 37.6 Å². The highest BCUT2D eigenvalue weighted by molar-refractivity contribution is 5.83. The maximum atomic E-state index is 14.1. The van der Waals surface area contributed by atoms with Gasteiger partial charge in [-0.25, -0.2) is 17.6 Å². The predicted molar refractivity (Wildman–Crippen MR) is 75.8 cm³/mol. The summed E-state index contributed by atoms with van der Waals surface area (Å²) in [6.07, 6.45) is 1.80. The molecule has 0 bridgehead atoms. The topological polar surface area (TPSA) is 0 Å². The second kappa shape index (κ2) is 6.57. The summed E-state index contributed by atoms with van der Waals surface area (Å²) in [7, 11) is 0. The van der Waals surface area contributed by atoms with Crippen LogP contribution in [0.1, 0.15) is 30.0 Å². The van der Waals surface area contributed by atoms with Crippen LogP contribution in [0.5, 0.6) is 0 Å². The molecule has 0 aliphatic heterocycles. The van der Waals surface area contributed by atoms with Crippen molar-refractivity contribution in [1.82, 2.24) is 0 Å². The zero-order chi connectivity index (χ0) is 15.4. The average molecular weight is 294 g/mol. The van der Waals surface area contributed by atoms with Crippen molar-refractivity contribution in [3.8, 4) is 0 Å². The minimum Gasteiger partial charge on any atom is -0.207 e. The highest BCUT2D eigenvalue weighted by Crippen LogP contribution is 2.30. The Morgan fingerprint density at radius 3 is 2.14 bits per heavy atom. The van der Waals surface area contributed by atoms with Gasteiger partial charge in [-0.3, -0.25) is 0 Å². The Balaban J connectivity index is 2.37. The standard InChI is InChI=1S/C17H14F4/c1-2-3-11-4-6-12(7-5-11)16(20)17(21)14-9-8-13(18)10-15(14)19/h4-10H,2-3H2,1H3/b17-16+.